The fourth-order valence-corrected chi connectivity index (χ4v) is 4.65. The smallest absolute Gasteiger partial charge is 0.230 e. The lowest BCUT2D eigenvalue weighted by atomic mass is 9.94. The van der Waals surface area contributed by atoms with E-state index in [-0.39, 0.29) is 11.8 Å². The molecule has 1 aromatic heterocycles. The van der Waals surface area contributed by atoms with Crippen molar-refractivity contribution in [2.24, 2.45) is 5.92 Å². The molecule has 2 aliphatic rings. The first kappa shape index (κ1) is 17.9. The Kier molecular flexibility index (Phi) is 4.51. The molecule has 2 N–H and O–H groups in total. The number of nitrogens with two attached hydrogens (primary N) is 1. The van der Waals surface area contributed by atoms with Crippen LogP contribution in [0.4, 0.5) is 17.1 Å². The Morgan fingerprint density at radius 2 is 1.59 bits per heavy atom. The van der Waals surface area contributed by atoms with Gasteiger partial charge in [0.05, 0.1) is 17.9 Å². The summed E-state index contributed by atoms with van der Waals surface area (Å²) in [6, 6.07) is 20.5. The van der Waals surface area contributed by atoms with Crippen molar-refractivity contribution in [3.8, 4) is 0 Å². The zero-order chi connectivity index (χ0) is 19.8. The van der Waals surface area contributed by atoms with Crippen LogP contribution in [0.15, 0.2) is 66.9 Å². The number of carbonyl (C=O) groups is 1. The number of piperidine rings is 1. The monoisotopic (exact) mass is 386 g/mol. The number of hydrogen-bond acceptors (Lipinski definition) is 3. The van der Waals surface area contributed by atoms with Crippen molar-refractivity contribution in [2.75, 3.05) is 28.6 Å². The van der Waals surface area contributed by atoms with Gasteiger partial charge in [0.25, 0.3) is 0 Å². The zero-order valence-corrected chi connectivity index (χ0v) is 16.5. The second-order valence-corrected chi connectivity index (χ2v) is 8.00. The SMILES string of the molecule is Nc1ccccc1N1CCC(C(=O)N2Cc3cccn3Cc3ccccc32)CC1. The molecule has 5 heteroatoms. The first-order valence-electron chi connectivity index (χ1n) is 10.3. The lowest BCUT2D eigenvalue weighted by Crippen LogP contribution is -2.42. The van der Waals surface area contributed by atoms with Crippen LogP contribution in [0.3, 0.4) is 0 Å². The molecular formula is C24H26N4O. The first-order valence-corrected chi connectivity index (χ1v) is 10.3. The lowest BCUT2D eigenvalue weighted by molar-refractivity contribution is -0.123. The summed E-state index contributed by atoms with van der Waals surface area (Å²) in [6.07, 6.45) is 3.81. The van der Waals surface area contributed by atoms with Crippen LogP contribution in [0.1, 0.15) is 24.1 Å². The average molecular weight is 386 g/mol. The van der Waals surface area contributed by atoms with Gasteiger partial charge in [0, 0.05) is 43.1 Å². The summed E-state index contributed by atoms with van der Waals surface area (Å²) in [7, 11) is 0. The van der Waals surface area contributed by atoms with Crippen LogP contribution in [-0.4, -0.2) is 23.6 Å². The number of fused-ring (bicyclic) bond motifs is 2. The Hall–Kier alpha value is -3.21. The number of anilines is 3. The van der Waals surface area contributed by atoms with Crippen molar-refractivity contribution in [3.63, 3.8) is 0 Å². The number of amides is 1. The minimum Gasteiger partial charge on any atom is -0.397 e. The first-order chi connectivity index (χ1) is 14.2. The van der Waals surface area contributed by atoms with Crippen molar-refractivity contribution in [1.82, 2.24) is 4.57 Å². The molecule has 148 valence electrons. The van der Waals surface area contributed by atoms with E-state index < -0.39 is 0 Å². The van der Waals surface area contributed by atoms with Gasteiger partial charge >= 0.3 is 0 Å². The molecule has 5 nitrogen and oxygen atoms in total. The van der Waals surface area contributed by atoms with E-state index >= 15 is 0 Å². The summed E-state index contributed by atoms with van der Waals surface area (Å²) in [5, 5.41) is 0. The van der Waals surface area contributed by atoms with Crippen molar-refractivity contribution in [1.29, 1.82) is 0 Å². The van der Waals surface area contributed by atoms with Crippen LogP contribution in [-0.2, 0) is 17.9 Å². The molecule has 0 radical (unpaired) electrons. The Bertz CT molecular complexity index is 1030. The topological polar surface area (TPSA) is 54.5 Å². The molecule has 29 heavy (non-hydrogen) atoms. The summed E-state index contributed by atoms with van der Waals surface area (Å²) in [5.41, 5.74) is 11.5. The van der Waals surface area contributed by atoms with Gasteiger partial charge in [0.1, 0.15) is 0 Å². The molecule has 0 spiro atoms. The van der Waals surface area contributed by atoms with E-state index in [4.69, 9.17) is 5.73 Å². The maximum Gasteiger partial charge on any atom is 0.230 e. The van der Waals surface area contributed by atoms with Gasteiger partial charge in [-0.2, -0.15) is 0 Å². The largest absolute Gasteiger partial charge is 0.397 e. The molecule has 1 fully saturated rings. The zero-order valence-electron chi connectivity index (χ0n) is 16.5. The number of carbonyl (C=O) groups excluding carboxylic acids is 1. The maximum absolute atomic E-state index is 13.6. The number of nitrogens with zero attached hydrogens (tertiary/aromatic N) is 3. The third kappa shape index (κ3) is 3.27. The van der Waals surface area contributed by atoms with Gasteiger partial charge in [0.2, 0.25) is 5.91 Å². The highest BCUT2D eigenvalue weighted by Gasteiger charge is 2.32. The summed E-state index contributed by atoms with van der Waals surface area (Å²) < 4.78 is 2.24. The van der Waals surface area contributed by atoms with Gasteiger partial charge in [0.15, 0.2) is 0 Å². The third-order valence-corrected chi connectivity index (χ3v) is 6.25. The Morgan fingerprint density at radius 3 is 2.38 bits per heavy atom. The van der Waals surface area contributed by atoms with Crippen LogP contribution in [0.5, 0.6) is 0 Å². The number of nitrogen functional groups attached to an aromatic ring is 1. The number of hydrogen-bond donors (Lipinski definition) is 1. The fourth-order valence-electron chi connectivity index (χ4n) is 4.65. The highest BCUT2D eigenvalue weighted by atomic mass is 16.2. The maximum atomic E-state index is 13.6. The molecule has 0 saturated carbocycles. The molecule has 1 amide bonds. The number of para-hydroxylation sites is 3. The second-order valence-electron chi connectivity index (χ2n) is 8.00. The molecule has 0 unspecified atom stereocenters. The molecular weight excluding hydrogens is 360 g/mol. The van der Waals surface area contributed by atoms with Crippen LogP contribution in [0, 0.1) is 5.92 Å². The number of benzene rings is 2. The van der Waals surface area contributed by atoms with Crippen molar-refractivity contribution >= 4 is 23.0 Å². The fraction of sp³-hybridized carbons (Fsp3) is 0.292. The van der Waals surface area contributed by atoms with Gasteiger partial charge in [-0.3, -0.25) is 4.79 Å². The summed E-state index contributed by atoms with van der Waals surface area (Å²) in [5.74, 6) is 0.290. The van der Waals surface area contributed by atoms with Crippen LogP contribution < -0.4 is 15.5 Å². The van der Waals surface area contributed by atoms with E-state index in [1.807, 2.05) is 29.2 Å². The number of aromatic nitrogens is 1. The van der Waals surface area contributed by atoms with Crippen LogP contribution in [0.25, 0.3) is 0 Å². The van der Waals surface area contributed by atoms with Gasteiger partial charge < -0.3 is 20.1 Å². The molecule has 2 aliphatic heterocycles. The second kappa shape index (κ2) is 7.32. The molecule has 3 aromatic rings. The molecule has 0 aliphatic carbocycles. The van der Waals surface area contributed by atoms with E-state index in [0.717, 1.165) is 49.5 Å². The van der Waals surface area contributed by atoms with Crippen LogP contribution in [0.2, 0.25) is 0 Å². The Labute approximate surface area is 171 Å². The average Bonchev–Trinajstić information content (AvgIpc) is 3.13. The standard InChI is InChI=1S/C24H26N4O/c25-21-8-2-4-10-23(21)26-14-11-18(12-15-26)24(29)28-17-20-7-5-13-27(20)16-19-6-1-3-9-22(19)28/h1-10,13,18H,11-12,14-17,25H2. The molecule has 2 aromatic carbocycles. The van der Waals surface area contributed by atoms with Gasteiger partial charge in [-0.25, -0.2) is 0 Å². The highest BCUT2D eigenvalue weighted by molar-refractivity contribution is 5.96. The van der Waals surface area contributed by atoms with E-state index in [9.17, 15) is 4.79 Å². The molecule has 0 atom stereocenters. The molecule has 0 bridgehead atoms. The van der Waals surface area contributed by atoms with Crippen molar-refractivity contribution in [3.05, 3.63) is 78.1 Å². The normalized spacial score (nSPS) is 16.8. The summed E-state index contributed by atoms with van der Waals surface area (Å²) >= 11 is 0. The lowest BCUT2D eigenvalue weighted by Gasteiger charge is -2.36. The summed E-state index contributed by atoms with van der Waals surface area (Å²) in [6.45, 7) is 3.16. The van der Waals surface area contributed by atoms with Crippen LogP contribution >= 0.6 is 0 Å². The predicted octanol–water partition coefficient (Wildman–Crippen LogP) is 3.88. The minimum atomic E-state index is 0.0470. The number of rotatable bonds is 2. The third-order valence-electron chi connectivity index (χ3n) is 6.25. The van der Waals surface area contributed by atoms with E-state index in [0.29, 0.717) is 6.54 Å². The van der Waals surface area contributed by atoms with Crippen molar-refractivity contribution < 1.29 is 4.79 Å². The van der Waals surface area contributed by atoms with Gasteiger partial charge in [-0.1, -0.05) is 30.3 Å². The quantitative estimate of drug-likeness (QED) is 0.680. The predicted molar refractivity (Wildman–Crippen MR) is 117 cm³/mol. The van der Waals surface area contributed by atoms with Gasteiger partial charge in [-0.05, 0) is 48.7 Å². The van der Waals surface area contributed by atoms with Gasteiger partial charge in [-0.15, -0.1) is 0 Å². The van der Waals surface area contributed by atoms with Crippen molar-refractivity contribution in [2.45, 2.75) is 25.9 Å². The van der Waals surface area contributed by atoms with E-state index in [2.05, 4.69) is 52.1 Å². The molecule has 3 heterocycles. The van der Waals surface area contributed by atoms with E-state index in [1.54, 1.807) is 0 Å². The Balaban J connectivity index is 1.36. The molecule has 5 rings (SSSR count). The van der Waals surface area contributed by atoms with E-state index in [1.165, 1.54) is 11.3 Å². The summed E-state index contributed by atoms with van der Waals surface area (Å²) in [4.78, 5) is 17.9. The highest BCUT2D eigenvalue weighted by Crippen LogP contribution is 2.33. The molecule has 1 saturated heterocycles. The minimum absolute atomic E-state index is 0.0470. The Morgan fingerprint density at radius 1 is 0.862 bits per heavy atom.